The van der Waals surface area contributed by atoms with E-state index in [2.05, 4.69) is 78.8 Å². The maximum absolute atomic E-state index is 12.8. The Bertz CT molecular complexity index is 1230. The number of nitrogens with one attached hydrogen (secondary N) is 2. The molecule has 0 radical (unpaired) electrons. The van der Waals surface area contributed by atoms with E-state index in [4.69, 9.17) is 4.99 Å². The first-order valence-electron chi connectivity index (χ1n) is 13.1. The van der Waals surface area contributed by atoms with Gasteiger partial charge in [0.15, 0.2) is 0 Å². The zero-order valence-electron chi connectivity index (χ0n) is 22.1. The molecule has 2 aromatic rings. The highest BCUT2D eigenvalue weighted by Crippen LogP contribution is 2.39. The van der Waals surface area contributed by atoms with Gasteiger partial charge in [0.25, 0.3) is 0 Å². The van der Waals surface area contributed by atoms with E-state index in [9.17, 15) is 4.79 Å². The molecule has 36 heavy (non-hydrogen) atoms. The fraction of sp³-hybridized carbons (Fsp3) is 0.483. The number of aliphatic imine (C=N–C) groups is 1. The monoisotopic (exact) mass is 486 g/mol. The number of allylic oxidation sites excluding steroid dienone is 3. The predicted molar refractivity (Wildman–Crippen MR) is 147 cm³/mol. The summed E-state index contributed by atoms with van der Waals surface area (Å²) in [6, 6.07) is 9.90. The lowest BCUT2D eigenvalue weighted by Crippen LogP contribution is -2.36. The molecule has 1 fully saturated rings. The molecule has 1 aliphatic carbocycles. The van der Waals surface area contributed by atoms with Crippen LogP contribution in [0, 0.1) is 18.8 Å². The van der Waals surface area contributed by atoms with Crippen molar-refractivity contribution in [2.45, 2.75) is 65.3 Å². The van der Waals surface area contributed by atoms with Crippen molar-refractivity contribution in [2.24, 2.45) is 16.8 Å². The number of likely N-dealkylation sites (tertiary alicyclic amines) is 1. The zero-order chi connectivity index (χ0) is 25.4. The number of piperidine rings is 1. The predicted octanol–water partition coefficient (Wildman–Crippen LogP) is 6.28. The summed E-state index contributed by atoms with van der Waals surface area (Å²) in [4.78, 5) is 20.2. The number of aromatic nitrogens is 2. The Morgan fingerprint density at radius 1 is 1.17 bits per heavy atom. The topological polar surface area (TPSA) is 74.6 Å². The molecule has 1 aromatic carbocycles. The molecule has 2 aliphatic heterocycles. The molecule has 3 aliphatic rings. The van der Waals surface area contributed by atoms with Crippen molar-refractivity contribution in [1.29, 1.82) is 0 Å². The summed E-state index contributed by atoms with van der Waals surface area (Å²) in [6.45, 7) is 12.4. The van der Waals surface area contributed by atoms with E-state index in [1.807, 2.05) is 29.8 Å². The Balaban J connectivity index is 1.28. The molecule has 0 spiro atoms. The third-order valence-corrected chi connectivity index (χ3v) is 7.46. The highest BCUT2D eigenvalue weighted by Gasteiger charge is 2.32. The molecule has 2 N–H and O–H groups in total. The minimum atomic E-state index is -0.264. The first-order valence-corrected chi connectivity index (χ1v) is 13.1. The molecule has 0 bridgehead atoms. The molecule has 3 unspecified atom stereocenters. The molecule has 7 nitrogen and oxygen atoms in total. The van der Waals surface area contributed by atoms with Gasteiger partial charge in [0, 0.05) is 37.0 Å². The molecule has 190 valence electrons. The first kappa shape index (κ1) is 24.3. The van der Waals surface area contributed by atoms with Gasteiger partial charge < -0.3 is 10.2 Å². The summed E-state index contributed by atoms with van der Waals surface area (Å²) < 4.78 is 1.85. The van der Waals surface area contributed by atoms with Crippen LogP contribution in [-0.4, -0.2) is 40.0 Å². The van der Waals surface area contributed by atoms with E-state index in [0.717, 1.165) is 49.6 Å². The van der Waals surface area contributed by atoms with Crippen LogP contribution < -0.4 is 10.6 Å². The van der Waals surface area contributed by atoms with Crippen LogP contribution in [0.25, 0.3) is 0 Å². The van der Waals surface area contributed by atoms with Crippen molar-refractivity contribution in [2.75, 3.05) is 23.7 Å². The van der Waals surface area contributed by atoms with Crippen LogP contribution in [0.1, 0.15) is 64.1 Å². The summed E-state index contributed by atoms with van der Waals surface area (Å²) in [5.74, 6) is 3.32. The number of fused-ring (bicyclic) bond motifs is 1. The number of nitrogens with zero attached hydrogens (tertiary/aromatic N) is 4. The third-order valence-electron chi connectivity index (χ3n) is 7.46. The van der Waals surface area contributed by atoms with Crippen molar-refractivity contribution in [3.05, 3.63) is 65.1 Å². The molecular formula is C29H38N6O. The smallest absolute Gasteiger partial charge is 0.324 e. The van der Waals surface area contributed by atoms with Crippen LogP contribution in [0.5, 0.6) is 0 Å². The van der Waals surface area contributed by atoms with Gasteiger partial charge in [-0.1, -0.05) is 31.2 Å². The van der Waals surface area contributed by atoms with Gasteiger partial charge in [0.05, 0.1) is 11.2 Å². The lowest BCUT2D eigenvalue weighted by Gasteiger charge is -2.37. The normalized spacial score (nSPS) is 23.7. The van der Waals surface area contributed by atoms with Gasteiger partial charge in [0.2, 0.25) is 0 Å². The van der Waals surface area contributed by atoms with Crippen LogP contribution in [-0.2, 0) is 5.54 Å². The Kier molecular flexibility index (Phi) is 6.49. The quantitative estimate of drug-likeness (QED) is 0.534. The summed E-state index contributed by atoms with van der Waals surface area (Å²) in [6.07, 6.45) is 10.1. The van der Waals surface area contributed by atoms with Crippen molar-refractivity contribution in [3.8, 4) is 0 Å². The van der Waals surface area contributed by atoms with Gasteiger partial charge in [-0.3, -0.25) is 5.32 Å². The number of urea groups is 1. The minimum Gasteiger partial charge on any atom is -0.356 e. The summed E-state index contributed by atoms with van der Waals surface area (Å²) in [7, 11) is 0. The van der Waals surface area contributed by atoms with Crippen molar-refractivity contribution in [1.82, 2.24) is 14.7 Å². The Labute approximate surface area is 214 Å². The number of anilines is 2. The number of rotatable bonds is 4. The second-order valence-corrected chi connectivity index (χ2v) is 11.4. The summed E-state index contributed by atoms with van der Waals surface area (Å²) in [5, 5.41) is 10.5. The number of hydrogen-bond acceptors (Lipinski definition) is 4. The number of carbonyl (C=O) groups is 1. The Morgan fingerprint density at radius 2 is 2.00 bits per heavy atom. The SMILES string of the molecule is Cc1cc(NC(=O)Nc2cccc(C3CCCN(C4=C5C=CCC5C(C)C=N4)C3)c2)n(C(C)(C)C)n1. The van der Waals surface area contributed by atoms with Crippen LogP contribution in [0.15, 0.2) is 58.9 Å². The number of hydrogen-bond donors (Lipinski definition) is 2. The zero-order valence-corrected chi connectivity index (χ0v) is 22.1. The molecule has 3 atom stereocenters. The van der Waals surface area contributed by atoms with Crippen molar-refractivity contribution >= 4 is 23.8 Å². The van der Waals surface area contributed by atoms with Gasteiger partial charge in [-0.2, -0.15) is 5.10 Å². The Morgan fingerprint density at radius 3 is 2.81 bits per heavy atom. The van der Waals surface area contributed by atoms with E-state index >= 15 is 0 Å². The third kappa shape index (κ3) is 4.97. The molecule has 7 heteroatoms. The maximum Gasteiger partial charge on any atom is 0.324 e. The van der Waals surface area contributed by atoms with Gasteiger partial charge in [-0.15, -0.1) is 0 Å². The van der Waals surface area contributed by atoms with E-state index < -0.39 is 0 Å². The second kappa shape index (κ2) is 9.60. The summed E-state index contributed by atoms with van der Waals surface area (Å²) >= 11 is 0. The van der Waals surface area contributed by atoms with Gasteiger partial charge in [-0.05, 0) is 82.1 Å². The van der Waals surface area contributed by atoms with E-state index in [-0.39, 0.29) is 11.6 Å². The molecule has 2 amide bonds. The van der Waals surface area contributed by atoms with Gasteiger partial charge >= 0.3 is 6.03 Å². The van der Waals surface area contributed by atoms with Gasteiger partial charge in [0.1, 0.15) is 11.6 Å². The van der Waals surface area contributed by atoms with Crippen LogP contribution in [0.2, 0.25) is 0 Å². The lowest BCUT2D eigenvalue weighted by atomic mass is 9.86. The Hall–Kier alpha value is -3.35. The summed E-state index contributed by atoms with van der Waals surface area (Å²) in [5.41, 5.74) is 4.10. The fourth-order valence-electron chi connectivity index (χ4n) is 5.65. The molecule has 3 heterocycles. The number of carbonyl (C=O) groups excluding carboxylic acids is 1. The maximum atomic E-state index is 12.8. The lowest BCUT2D eigenvalue weighted by molar-refractivity contribution is 0.250. The molecular weight excluding hydrogens is 448 g/mol. The average Bonchev–Trinajstić information content (AvgIpc) is 3.47. The molecule has 1 saturated heterocycles. The average molecular weight is 487 g/mol. The van der Waals surface area contributed by atoms with Crippen molar-refractivity contribution in [3.63, 3.8) is 0 Å². The minimum absolute atomic E-state index is 0.228. The molecule has 5 rings (SSSR count). The number of aryl methyl sites for hydroxylation is 1. The van der Waals surface area contributed by atoms with Crippen LogP contribution in [0.3, 0.4) is 0 Å². The standard InChI is InChI=1S/C29H38N6O/c1-19-17-30-27(25-13-7-12-24(19)25)34-14-8-10-22(18-34)21-9-6-11-23(16-21)31-28(36)32-26-15-20(2)33-35(26)29(3,4)5/h6-7,9,11,13,15-17,19,22,24H,8,10,12,14,18H2,1-5H3,(H2,31,32,36). The van der Waals surface area contributed by atoms with E-state index in [1.54, 1.807) is 0 Å². The van der Waals surface area contributed by atoms with Crippen LogP contribution in [0.4, 0.5) is 16.3 Å². The second-order valence-electron chi connectivity index (χ2n) is 11.4. The van der Waals surface area contributed by atoms with Crippen LogP contribution >= 0.6 is 0 Å². The van der Waals surface area contributed by atoms with E-state index in [0.29, 0.717) is 23.6 Å². The largest absolute Gasteiger partial charge is 0.356 e. The van der Waals surface area contributed by atoms with Crippen molar-refractivity contribution < 1.29 is 4.79 Å². The number of benzene rings is 1. The molecule has 1 aromatic heterocycles. The number of amides is 2. The highest BCUT2D eigenvalue weighted by atomic mass is 16.2. The fourth-order valence-corrected chi connectivity index (χ4v) is 5.65. The highest BCUT2D eigenvalue weighted by molar-refractivity contribution is 5.99. The van der Waals surface area contributed by atoms with Gasteiger partial charge in [-0.25, -0.2) is 14.5 Å². The van der Waals surface area contributed by atoms with E-state index in [1.165, 1.54) is 11.1 Å². The first-order chi connectivity index (χ1) is 17.2. The molecule has 0 saturated carbocycles.